The maximum Gasteiger partial charge on any atom is 0.264 e. The van der Waals surface area contributed by atoms with Crippen LogP contribution < -0.4 is 9.62 Å². The van der Waals surface area contributed by atoms with E-state index in [4.69, 9.17) is 11.6 Å². The lowest BCUT2D eigenvalue weighted by Crippen LogP contribution is -2.53. The molecule has 0 aliphatic rings. The zero-order valence-electron chi connectivity index (χ0n) is 22.8. The fourth-order valence-corrected chi connectivity index (χ4v) is 5.76. The van der Waals surface area contributed by atoms with Crippen molar-refractivity contribution in [1.82, 2.24) is 10.2 Å². The number of nitrogens with one attached hydrogen (secondary N) is 1. The number of nitrogens with zero attached hydrogens (tertiary/aromatic N) is 2. The van der Waals surface area contributed by atoms with Crippen molar-refractivity contribution in [3.05, 3.63) is 95.0 Å². The molecular formula is C30H36ClN3O4S. The van der Waals surface area contributed by atoms with Gasteiger partial charge in [-0.05, 0) is 63.4 Å². The second-order valence-electron chi connectivity index (χ2n) is 9.59. The van der Waals surface area contributed by atoms with Gasteiger partial charge in [0.2, 0.25) is 11.8 Å². The Morgan fingerprint density at radius 3 is 2.15 bits per heavy atom. The number of rotatable bonds is 12. The quantitative estimate of drug-likeness (QED) is 0.324. The highest BCUT2D eigenvalue weighted by Gasteiger charge is 2.33. The van der Waals surface area contributed by atoms with Gasteiger partial charge < -0.3 is 10.2 Å². The van der Waals surface area contributed by atoms with Gasteiger partial charge in [0.25, 0.3) is 10.0 Å². The van der Waals surface area contributed by atoms with Gasteiger partial charge in [0.15, 0.2) is 0 Å². The summed E-state index contributed by atoms with van der Waals surface area (Å²) in [5.41, 5.74) is 2.09. The van der Waals surface area contributed by atoms with Gasteiger partial charge in [-0.3, -0.25) is 13.9 Å². The molecule has 2 atom stereocenters. The van der Waals surface area contributed by atoms with Crippen molar-refractivity contribution in [2.24, 2.45) is 0 Å². The lowest BCUT2D eigenvalue weighted by molar-refractivity contribution is -0.139. The average molecular weight is 570 g/mol. The number of carbonyl (C=O) groups excluding carboxylic acids is 2. The van der Waals surface area contributed by atoms with E-state index in [1.165, 1.54) is 17.0 Å². The Morgan fingerprint density at radius 2 is 1.54 bits per heavy atom. The molecule has 3 aromatic rings. The third-order valence-corrected chi connectivity index (χ3v) is 8.76. The minimum Gasteiger partial charge on any atom is -0.352 e. The number of anilines is 1. The summed E-state index contributed by atoms with van der Waals surface area (Å²) in [7, 11) is -4.16. The Morgan fingerprint density at radius 1 is 0.923 bits per heavy atom. The summed E-state index contributed by atoms with van der Waals surface area (Å²) in [6.07, 6.45) is 1.25. The molecule has 0 aromatic heterocycles. The number of carbonyl (C=O) groups is 2. The van der Waals surface area contributed by atoms with Crippen LogP contribution >= 0.6 is 11.6 Å². The SMILES string of the molecule is CC[C@H](C)NC(=O)[C@@H](C)N(CCc1ccccc1)C(=O)CN(c1ccccc1Cl)S(=O)(=O)c1ccc(C)cc1. The van der Waals surface area contributed by atoms with Gasteiger partial charge in [0.05, 0.1) is 15.6 Å². The first-order valence-electron chi connectivity index (χ1n) is 13.0. The van der Waals surface area contributed by atoms with E-state index in [1.807, 2.05) is 51.1 Å². The molecule has 0 bridgehead atoms. The van der Waals surface area contributed by atoms with E-state index in [-0.39, 0.29) is 34.1 Å². The molecule has 208 valence electrons. The fourth-order valence-electron chi connectivity index (χ4n) is 4.04. The van der Waals surface area contributed by atoms with Gasteiger partial charge in [-0.1, -0.05) is 78.7 Å². The summed E-state index contributed by atoms with van der Waals surface area (Å²) in [4.78, 5) is 28.4. The maximum atomic E-state index is 13.9. The van der Waals surface area contributed by atoms with Gasteiger partial charge in [-0.2, -0.15) is 0 Å². The number of sulfonamides is 1. The molecule has 0 spiro atoms. The summed E-state index contributed by atoms with van der Waals surface area (Å²) in [6, 6.07) is 21.7. The summed E-state index contributed by atoms with van der Waals surface area (Å²) in [5.74, 6) is -0.801. The Balaban J connectivity index is 1.98. The first-order chi connectivity index (χ1) is 18.5. The summed E-state index contributed by atoms with van der Waals surface area (Å²) >= 11 is 6.43. The zero-order valence-corrected chi connectivity index (χ0v) is 24.4. The first-order valence-corrected chi connectivity index (χ1v) is 14.8. The monoisotopic (exact) mass is 569 g/mol. The predicted molar refractivity (Wildman–Crippen MR) is 156 cm³/mol. The Labute approximate surface area is 236 Å². The van der Waals surface area contributed by atoms with Gasteiger partial charge >= 0.3 is 0 Å². The summed E-state index contributed by atoms with van der Waals surface area (Å²) < 4.78 is 28.7. The highest BCUT2D eigenvalue weighted by Crippen LogP contribution is 2.30. The predicted octanol–water partition coefficient (Wildman–Crippen LogP) is 5.22. The summed E-state index contributed by atoms with van der Waals surface area (Å²) in [5, 5.41) is 3.13. The zero-order chi connectivity index (χ0) is 28.6. The number of amides is 2. The van der Waals surface area contributed by atoms with Crippen LogP contribution in [0.2, 0.25) is 5.02 Å². The van der Waals surface area contributed by atoms with Crippen LogP contribution in [0.25, 0.3) is 0 Å². The van der Waals surface area contributed by atoms with E-state index in [1.54, 1.807) is 43.3 Å². The van der Waals surface area contributed by atoms with E-state index >= 15 is 0 Å². The highest BCUT2D eigenvalue weighted by molar-refractivity contribution is 7.92. The molecule has 1 N–H and O–H groups in total. The highest BCUT2D eigenvalue weighted by atomic mass is 35.5. The normalized spacial score (nSPS) is 12.8. The van der Waals surface area contributed by atoms with Gasteiger partial charge in [0.1, 0.15) is 12.6 Å². The fraction of sp³-hybridized carbons (Fsp3) is 0.333. The molecular weight excluding hydrogens is 534 g/mol. The Hall–Kier alpha value is -3.36. The number of benzene rings is 3. The number of halogens is 1. The van der Waals surface area contributed by atoms with Crippen molar-refractivity contribution in [2.75, 3.05) is 17.4 Å². The van der Waals surface area contributed by atoms with Gasteiger partial charge in [-0.25, -0.2) is 8.42 Å². The first kappa shape index (κ1) is 30.2. The topological polar surface area (TPSA) is 86.8 Å². The van der Waals surface area contributed by atoms with E-state index in [0.29, 0.717) is 6.42 Å². The van der Waals surface area contributed by atoms with Crippen molar-refractivity contribution in [1.29, 1.82) is 0 Å². The molecule has 9 heteroatoms. The molecule has 0 radical (unpaired) electrons. The second-order valence-corrected chi connectivity index (χ2v) is 11.9. The molecule has 0 heterocycles. The standard InChI is InChI=1S/C30H36ClN3O4S/c1-5-23(3)32-30(36)24(4)33(20-19-25-11-7-6-8-12-25)29(35)21-34(28-14-10-9-13-27(28)31)39(37,38)26-17-15-22(2)16-18-26/h6-18,23-24H,5,19-21H2,1-4H3,(H,32,36)/t23-,24+/m0/s1. The van der Waals surface area contributed by atoms with E-state index < -0.39 is 28.5 Å². The molecule has 2 amide bonds. The minimum absolute atomic E-state index is 0.0409. The van der Waals surface area contributed by atoms with Crippen molar-refractivity contribution in [3.63, 3.8) is 0 Å². The lowest BCUT2D eigenvalue weighted by atomic mass is 10.1. The average Bonchev–Trinajstić information content (AvgIpc) is 2.92. The third kappa shape index (κ3) is 7.83. The van der Waals surface area contributed by atoms with Crippen LogP contribution in [0.15, 0.2) is 83.8 Å². The summed E-state index contributed by atoms with van der Waals surface area (Å²) in [6.45, 7) is 7.10. The smallest absolute Gasteiger partial charge is 0.264 e. The van der Waals surface area contributed by atoms with Gasteiger partial charge in [0, 0.05) is 12.6 Å². The number of aryl methyl sites for hydroxylation is 1. The van der Waals surface area contributed by atoms with Crippen LogP contribution in [0, 0.1) is 6.92 Å². The van der Waals surface area contributed by atoms with Crippen LogP contribution in [0.4, 0.5) is 5.69 Å². The molecule has 39 heavy (non-hydrogen) atoms. The van der Waals surface area contributed by atoms with Crippen molar-refractivity contribution < 1.29 is 18.0 Å². The molecule has 0 aliphatic heterocycles. The number of para-hydroxylation sites is 1. The molecule has 7 nitrogen and oxygen atoms in total. The van der Waals surface area contributed by atoms with Crippen molar-refractivity contribution in [2.45, 2.75) is 57.5 Å². The Kier molecular flexibility index (Phi) is 10.5. The maximum absolute atomic E-state index is 13.9. The van der Waals surface area contributed by atoms with E-state index in [0.717, 1.165) is 21.9 Å². The Bertz CT molecular complexity index is 1360. The van der Waals surface area contributed by atoms with Gasteiger partial charge in [-0.15, -0.1) is 0 Å². The van der Waals surface area contributed by atoms with E-state index in [2.05, 4.69) is 5.32 Å². The number of hydrogen-bond acceptors (Lipinski definition) is 4. The molecule has 0 aliphatic carbocycles. The largest absolute Gasteiger partial charge is 0.352 e. The van der Waals surface area contributed by atoms with Crippen LogP contribution in [0.3, 0.4) is 0 Å². The minimum atomic E-state index is -4.16. The van der Waals surface area contributed by atoms with Crippen LogP contribution in [0.5, 0.6) is 0 Å². The van der Waals surface area contributed by atoms with Crippen LogP contribution in [-0.4, -0.2) is 50.3 Å². The van der Waals surface area contributed by atoms with Crippen LogP contribution in [0.1, 0.15) is 38.3 Å². The van der Waals surface area contributed by atoms with Crippen molar-refractivity contribution in [3.8, 4) is 0 Å². The third-order valence-electron chi connectivity index (χ3n) is 6.66. The molecule has 0 unspecified atom stereocenters. The van der Waals surface area contributed by atoms with Crippen LogP contribution in [-0.2, 0) is 26.0 Å². The lowest BCUT2D eigenvalue weighted by Gasteiger charge is -2.32. The molecule has 3 rings (SSSR count). The van der Waals surface area contributed by atoms with Crippen molar-refractivity contribution >= 4 is 39.1 Å². The molecule has 0 fully saturated rings. The second kappa shape index (κ2) is 13.6. The molecule has 3 aromatic carbocycles. The number of hydrogen-bond donors (Lipinski definition) is 1. The molecule has 0 saturated heterocycles. The molecule has 0 saturated carbocycles. The van der Waals surface area contributed by atoms with E-state index in [9.17, 15) is 18.0 Å².